The summed E-state index contributed by atoms with van der Waals surface area (Å²) in [5.41, 5.74) is 7.69. The van der Waals surface area contributed by atoms with Crippen molar-refractivity contribution in [2.75, 3.05) is 36.9 Å². The number of nitrogen functional groups attached to an aromatic ring is 1. The van der Waals surface area contributed by atoms with E-state index in [-0.39, 0.29) is 5.91 Å². The third-order valence-electron chi connectivity index (χ3n) is 3.47. The van der Waals surface area contributed by atoms with Gasteiger partial charge in [0, 0.05) is 13.1 Å². The molecule has 1 unspecified atom stereocenters. The van der Waals surface area contributed by atoms with E-state index in [0.29, 0.717) is 49.1 Å². The number of fused-ring (bicyclic) bond motifs is 1. The van der Waals surface area contributed by atoms with E-state index in [1.807, 2.05) is 24.0 Å². The van der Waals surface area contributed by atoms with Crippen LogP contribution in [0, 0.1) is 0 Å². The summed E-state index contributed by atoms with van der Waals surface area (Å²) in [6.45, 7) is 3.86. The highest BCUT2D eigenvalue weighted by Crippen LogP contribution is 2.27. The Hall–Kier alpha value is -2.28. The number of rotatable bonds is 3. The first-order chi connectivity index (χ1) is 10.2. The van der Waals surface area contributed by atoms with Gasteiger partial charge in [0.25, 0.3) is 6.01 Å². The van der Waals surface area contributed by atoms with E-state index in [1.54, 1.807) is 6.07 Å². The van der Waals surface area contributed by atoms with Crippen LogP contribution in [0.4, 0.5) is 11.7 Å². The molecule has 3 N–H and O–H groups in total. The Labute approximate surface area is 122 Å². The number of oxazole rings is 1. The zero-order valence-electron chi connectivity index (χ0n) is 11.8. The predicted octanol–water partition coefficient (Wildman–Crippen LogP) is 0.751. The largest absolute Gasteiger partial charge is 0.423 e. The molecule has 2 aromatic rings. The predicted molar refractivity (Wildman–Crippen MR) is 79.1 cm³/mol. The van der Waals surface area contributed by atoms with Crippen LogP contribution in [-0.4, -0.2) is 43.2 Å². The summed E-state index contributed by atoms with van der Waals surface area (Å²) in [5, 5.41) is 2.81. The third-order valence-corrected chi connectivity index (χ3v) is 3.47. The standard InChI is InChI=1S/C14H18N4O3/c1-2-16-13(19)10-8-20-7-6-18(10)14-17-12-9(15)4-3-5-11(12)21-14/h3-5,10H,2,6-8,15H2,1H3,(H,16,19). The second kappa shape index (κ2) is 5.61. The van der Waals surface area contributed by atoms with E-state index in [0.717, 1.165) is 0 Å². The van der Waals surface area contributed by atoms with Crippen LogP contribution in [0.1, 0.15) is 6.92 Å². The number of carbonyl (C=O) groups excluding carboxylic acids is 1. The molecule has 0 aliphatic carbocycles. The number of hydrogen-bond donors (Lipinski definition) is 2. The summed E-state index contributed by atoms with van der Waals surface area (Å²) >= 11 is 0. The minimum absolute atomic E-state index is 0.0903. The lowest BCUT2D eigenvalue weighted by Gasteiger charge is -2.33. The van der Waals surface area contributed by atoms with Gasteiger partial charge in [0.15, 0.2) is 5.58 Å². The maximum atomic E-state index is 12.1. The van der Waals surface area contributed by atoms with Gasteiger partial charge in [-0.1, -0.05) is 6.07 Å². The van der Waals surface area contributed by atoms with Crippen molar-refractivity contribution >= 4 is 28.7 Å². The van der Waals surface area contributed by atoms with E-state index in [9.17, 15) is 4.79 Å². The molecule has 7 nitrogen and oxygen atoms in total. The smallest absolute Gasteiger partial charge is 0.299 e. The summed E-state index contributed by atoms with van der Waals surface area (Å²) in [4.78, 5) is 18.4. The van der Waals surface area contributed by atoms with Crippen molar-refractivity contribution in [2.45, 2.75) is 13.0 Å². The minimum atomic E-state index is -0.437. The Balaban J connectivity index is 1.94. The number of nitrogens with zero attached hydrogens (tertiary/aromatic N) is 2. The lowest BCUT2D eigenvalue weighted by atomic mass is 10.2. The van der Waals surface area contributed by atoms with Crippen LogP contribution in [0.3, 0.4) is 0 Å². The number of ether oxygens (including phenoxy) is 1. The summed E-state index contributed by atoms with van der Waals surface area (Å²) in [5.74, 6) is -0.0903. The fraction of sp³-hybridized carbons (Fsp3) is 0.429. The number of morpholine rings is 1. The van der Waals surface area contributed by atoms with E-state index in [4.69, 9.17) is 14.9 Å². The number of para-hydroxylation sites is 1. The molecule has 1 fully saturated rings. The van der Waals surface area contributed by atoms with Gasteiger partial charge in [-0.2, -0.15) is 4.98 Å². The van der Waals surface area contributed by atoms with E-state index in [2.05, 4.69) is 10.3 Å². The highest BCUT2D eigenvalue weighted by atomic mass is 16.5. The van der Waals surface area contributed by atoms with Gasteiger partial charge < -0.3 is 25.1 Å². The highest BCUT2D eigenvalue weighted by Gasteiger charge is 2.32. The van der Waals surface area contributed by atoms with Crippen LogP contribution in [0.25, 0.3) is 11.1 Å². The molecule has 0 spiro atoms. The molecule has 1 aliphatic rings. The highest BCUT2D eigenvalue weighted by molar-refractivity contribution is 5.88. The van der Waals surface area contributed by atoms with E-state index < -0.39 is 6.04 Å². The van der Waals surface area contributed by atoms with Crippen LogP contribution in [0.15, 0.2) is 22.6 Å². The minimum Gasteiger partial charge on any atom is -0.423 e. The van der Waals surface area contributed by atoms with Crippen LogP contribution in [0.5, 0.6) is 0 Å². The molecule has 21 heavy (non-hydrogen) atoms. The molecular weight excluding hydrogens is 272 g/mol. The number of nitrogens with two attached hydrogens (primary N) is 1. The van der Waals surface area contributed by atoms with Crippen molar-refractivity contribution in [3.63, 3.8) is 0 Å². The van der Waals surface area contributed by atoms with Crippen molar-refractivity contribution in [1.82, 2.24) is 10.3 Å². The van der Waals surface area contributed by atoms with Crippen LogP contribution in [0.2, 0.25) is 0 Å². The van der Waals surface area contributed by atoms with Crippen LogP contribution >= 0.6 is 0 Å². The third kappa shape index (κ3) is 2.52. The van der Waals surface area contributed by atoms with Crippen molar-refractivity contribution in [2.24, 2.45) is 0 Å². The first-order valence-electron chi connectivity index (χ1n) is 6.98. The number of aromatic nitrogens is 1. The number of likely N-dealkylation sites (N-methyl/N-ethyl adjacent to an activating group) is 1. The van der Waals surface area contributed by atoms with Crippen molar-refractivity contribution in [1.29, 1.82) is 0 Å². The fourth-order valence-corrected chi connectivity index (χ4v) is 2.42. The molecule has 2 heterocycles. The van der Waals surface area contributed by atoms with Gasteiger partial charge in [0.2, 0.25) is 5.91 Å². The molecule has 0 saturated carbocycles. The molecule has 1 aromatic heterocycles. The maximum Gasteiger partial charge on any atom is 0.299 e. The molecule has 1 amide bonds. The Kier molecular flexibility index (Phi) is 3.66. The Morgan fingerprint density at radius 2 is 2.43 bits per heavy atom. The number of amides is 1. The summed E-state index contributed by atoms with van der Waals surface area (Å²) < 4.78 is 11.1. The molecule has 7 heteroatoms. The van der Waals surface area contributed by atoms with Crippen molar-refractivity contribution in [3.05, 3.63) is 18.2 Å². The van der Waals surface area contributed by atoms with Gasteiger partial charge in [-0.25, -0.2) is 0 Å². The summed E-state index contributed by atoms with van der Waals surface area (Å²) in [6.07, 6.45) is 0. The number of nitrogens with one attached hydrogen (secondary N) is 1. The van der Waals surface area contributed by atoms with Gasteiger partial charge in [0.05, 0.1) is 18.9 Å². The van der Waals surface area contributed by atoms with Crippen LogP contribution in [-0.2, 0) is 9.53 Å². The fourth-order valence-electron chi connectivity index (χ4n) is 2.42. The maximum absolute atomic E-state index is 12.1. The second-order valence-corrected chi connectivity index (χ2v) is 4.87. The average molecular weight is 290 g/mol. The molecule has 1 saturated heterocycles. The zero-order valence-corrected chi connectivity index (χ0v) is 11.8. The van der Waals surface area contributed by atoms with Gasteiger partial charge in [-0.15, -0.1) is 0 Å². The van der Waals surface area contributed by atoms with Gasteiger partial charge in [0.1, 0.15) is 11.6 Å². The molecule has 0 radical (unpaired) electrons. The van der Waals surface area contributed by atoms with Crippen molar-refractivity contribution in [3.8, 4) is 0 Å². The zero-order chi connectivity index (χ0) is 14.8. The van der Waals surface area contributed by atoms with Crippen molar-refractivity contribution < 1.29 is 13.9 Å². The number of carbonyl (C=O) groups is 1. The first kappa shape index (κ1) is 13.7. The Morgan fingerprint density at radius 1 is 1.57 bits per heavy atom. The Bertz CT molecular complexity index is 655. The van der Waals surface area contributed by atoms with Gasteiger partial charge >= 0.3 is 0 Å². The first-order valence-corrected chi connectivity index (χ1v) is 6.98. The lowest BCUT2D eigenvalue weighted by Crippen LogP contribution is -2.54. The van der Waals surface area contributed by atoms with Gasteiger partial charge in [-0.05, 0) is 19.1 Å². The molecule has 1 aliphatic heterocycles. The normalized spacial score (nSPS) is 18.9. The molecule has 1 aromatic carbocycles. The Morgan fingerprint density at radius 3 is 3.19 bits per heavy atom. The van der Waals surface area contributed by atoms with E-state index >= 15 is 0 Å². The molecule has 0 bridgehead atoms. The second-order valence-electron chi connectivity index (χ2n) is 4.87. The summed E-state index contributed by atoms with van der Waals surface area (Å²) in [6, 6.07) is 5.36. The topological polar surface area (TPSA) is 93.6 Å². The molecule has 1 atom stereocenters. The SMILES string of the molecule is CCNC(=O)C1COCCN1c1nc2c(N)cccc2o1. The van der Waals surface area contributed by atoms with Gasteiger partial charge in [-0.3, -0.25) is 4.79 Å². The lowest BCUT2D eigenvalue weighted by molar-refractivity contribution is -0.124. The number of anilines is 2. The number of hydrogen-bond acceptors (Lipinski definition) is 6. The van der Waals surface area contributed by atoms with E-state index in [1.165, 1.54) is 0 Å². The molecular formula is C14H18N4O3. The van der Waals surface area contributed by atoms with Crippen LogP contribution < -0.4 is 16.0 Å². The average Bonchev–Trinajstić information content (AvgIpc) is 2.93. The monoisotopic (exact) mass is 290 g/mol. The molecule has 3 rings (SSSR count). The summed E-state index contributed by atoms with van der Waals surface area (Å²) in [7, 11) is 0. The molecule has 112 valence electrons. The number of benzene rings is 1. The quantitative estimate of drug-likeness (QED) is 0.810.